The number of nitrogens with one attached hydrogen (secondary N) is 1. The van der Waals surface area contributed by atoms with E-state index in [4.69, 9.17) is 20.3 Å². The van der Waals surface area contributed by atoms with Gasteiger partial charge in [-0.05, 0) is 19.4 Å². The molecule has 31 heavy (non-hydrogen) atoms. The van der Waals surface area contributed by atoms with Crippen LogP contribution in [0.25, 0.3) is 11.2 Å². The number of thiol groups is 1. The van der Waals surface area contributed by atoms with Gasteiger partial charge in [0.1, 0.15) is 28.9 Å². The fourth-order valence-electron chi connectivity index (χ4n) is 3.26. The van der Waals surface area contributed by atoms with Crippen molar-refractivity contribution in [2.24, 2.45) is 5.73 Å². The maximum atomic E-state index is 10.9. The van der Waals surface area contributed by atoms with Crippen molar-refractivity contribution in [1.82, 2.24) is 19.5 Å². The van der Waals surface area contributed by atoms with Crippen molar-refractivity contribution in [2.45, 2.75) is 55.2 Å². The van der Waals surface area contributed by atoms with Gasteiger partial charge < -0.3 is 35.8 Å². The molecule has 0 spiro atoms. The first-order chi connectivity index (χ1) is 14.7. The zero-order valence-corrected chi connectivity index (χ0v) is 18.4. The van der Waals surface area contributed by atoms with E-state index < -0.39 is 39.0 Å². The number of fused-ring (bicyclic) bond motifs is 1. The predicted molar refractivity (Wildman–Crippen MR) is 113 cm³/mol. The van der Waals surface area contributed by atoms with E-state index >= 15 is 0 Å². The average Bonchev–Trinajstić information content (AvgIpc) is 3.24. The highest BCUT2D eigenvalue weighted by molar-refractivity contribution is 7.80. The van der Waals surface area contributed by atoms with Crippen LogP contribution in [0.2, 0.25) is 0 Å². The summed E-state index contributed by atoms with van der Waals surface area (Å²) in [6, 6.07) is 0. The Morgan fingerprint density at radius 1 is 1.23 bits per heavy atom. The lowest BCUT2D eigenvalue weighted by molar-refractivity contribution is -0.0503. The number of aliphatic hydroxyl groups is 2. The molecule has 13 nitrogen and oxygen atoms in total. The molecule has 1 fully saturated rings. The van der Waals surface area contributed by atoms with Crippen LogP contribution in [0.15, 0.2) is 11.4 Å². The molecule has 4 atom stereocenters. The number of nitrogens with two attached hydrogens (primary N) is 1. The highest BCUT2D eigenvalue weighted by atomic mass is 32.1. The molecule has 2 aromatic rings. The molecule has 1 unspecified atom stereocenters. The summed E-state index contributed by atoms with van der Waals surface area (Å²) >= 11 is 4.35. The Bertz CT molecular complexity index is 927. The van der Waals surface area contributed by atoms with Crippen LogP contribution in [0, 0.1) is 0 Å². The van der Waals surface area contributed by atoms with Crippen LogP contribution >= 0.6 is 20.5 Å². The van der Waals surface area contributed by atoms with Crippen molar-refractivity contribution in [3.05, 3.63) is 6.33 Å². The number of phosphoric acid groups is 1. The van der Waals surface area contributed by atoms with Gasteiger partial charge in [-0.3, -0.25) is 9.09 Å². The lowest BCUT2D eigenvalue weighted by Gasteiger charge is -2.17. The molecule has 3 rings (SSSR count). The van der Waals surface area contributed by atoms with Gasteiger partial charge in [-0.1, -0.05) is 12.8 Å². The summed E-state index contributed by atoms with van der Waals surface area (Å²) < 4.78 is 22.3. The molecule has 3 heterocycles. The Balaban J connectivity index is 1.73. The first-order valence-electron chi connectivity index (χ1n) is 9.80. The number of ether oxygens (including phenoxy) is 1. The second kappa shape index (κ2) is 10.5. The van der Waals surface area contributed by atoms with Gasteiger partial charge in [0.2, 0.25) is 5.95 Å². The van der Waals surface area contributed by atoms with E-state index in [0.29, 0.717) is 35.2 Å². The largest absolute Gasteiger partial charge is 0.469 e. The Hall–Kier alpha value is -1.35. The zero-order valence-electron chi connectivity index (χ0n) is 16.6. The second-order valence-corrected chi connectivity index (χ2v) is 8.82. The predicted octanol–water partition coefficient (Wildman–Crippen LogP) is -0.226. The molecule has 0 aliphatic carbocycles. The van der Waals surface area contributed by atoms with E-state index in [2.05, 4.69) is 37.4 Å². The average molecular weight is 478 g/mol. The molecule has 0 amide bonds. The molecule has 1 saturated heterocycles. The summed E-state index contributed by atoms with van der Waals surface area (Å²) in [6.45, 7) is 0.728. The molecular weight excluding hydrogens is 451 g/mol. The molecule has 1 aliphatic heterocycles. The summed E-state index contributed by atoms with van der Waals surface area (Å²) in [5.74, 6) is 0.326. The molecule has 0 aromatic carbocycles. The van der Waals surface area contributed by atoms with Crippen molar-refractivity contribution < 1.29 is 33.8 Å². The van der Waals surface area contributed by atoms with E-state index in [-0.39, 0.29) is 0 Å². The summed E-state index contributed by atoms with van der Waals surface area (Å²) in [7, 11) is -4.75. The SMILES string of the molecule is NCCCCCCNc1nc(S)c2ncn([C@@H]3O[C@H](COP(=O)(O)O)[C@H](O)C3O)c2n1. The van der Waals surface area contributed by atoms with Gasteiger partial charge in [0.05, 0.1) is 12.9 Å². The number of anilines is 1. The van der Waals surface area contributed by atoms with Gasteiger partial charge in [-0.15, -0.1) is 12.6 Å². The fraction of sp³-hybridized carbons (Fsp3) is 0.688. The molecular formula is C16H27N6O7PS. The molecule has 7 N–H and O–H groups in total. The quantitative estimate of drug-likeness (QED) is 0.0971. The molecule has 0 saturated carbocycles. The Morgan fingerprint density at radius 3 is 2.68 bits per heavy atom. The van der Waals surface area contributed by atoms with E-state index in [1.807, 2.05) is 0 Å². The molecule has 0 radical (unpaired) electrons. The summed E-state index contributed by atoms with van der Waals surface area (Å²) in [5, 5.41) is 24.1. The third kappa shape index (κ3) is 6.12. The van der Waals surface area contributed by atoms with Gasteiger partial charge >= 0.3 is 7.82 Å². The third-order valence-electron chi connectivity index (χ3n) is 4.84. The molecule has 0 bridgehead atoms. The highest BCUT2D eigenvalue weighted by Crippen LogP contribution is 2.39. The second-order valence-electron chi connectivity index (χ2n) is 7.16. The van der Waals surface area contributed by atoms with Crippen LogP contribution in [0.3, 0.4) is 0 Å². The normalized spacial score (nSPS) is 24.2. The minimum absolute atomic E-state index is 0.318. The smallest absolute Gasteiger partial charge is 0.387 e. The van der Waals surface area contributed by atoms with Gasteiger partial charge in [0.25, 0.3) is 0 Å². The topological polar surface area (TPSA) is 198 Å². The minimum atomic E-state index is -4.75. The molecule has 1 aliphatic rings. The zero-order chi connectivity index (χ0) is 22.6. The van der Waals surface area contributed by atoms with Crippen LogP contribution in [0.1, 0.15) is 31.9 Å². The Morgan fingerprint density at radius 2 is 1.97 bits per heavy atom. The van der Waals surface area contributed by atoms with Gasteiger partial charge in [0, 0.05) is 6.54 Å². The summed E-state index contributed by atoms with van der Waals surface area (Å²) in [6.07, 6.45) is 0.245. The van der Waals surface area contributed by atoms with Crippen molar-refractivity contribution in [2.75, 3.05) is 25.0 Å². The number of aromatic nitrogens is 4. The van der Waals surface area contributed by atoms with Gasteiger partial charge in [0.15, 0.2) is 11.9 Å². The van der Waals surface area contributed by atoms with Gasteiger partial charge in [-0.25, -0.2) is 14.5 Å². The fourth-order valence-corrected chi connectivity index (χ4v) is 3.85. The van der Waals surface area contributed by atoms with Crippen molar-refractivity contribution in [3.63, 3.8) is 0 Å². The first-order valence-corrected chi connectivity index (χ1v) is 11.8. The number of unbranched alkanes of at least 4 members (excludes halogenated alkanes) is 3. The van der Waals surface area contributed by atoms with Crippen LogP contribution in [-0.2, 0) is 13.8 Å². The van der Waals surface area contributed by atoms with E-state index in [9.17, 15) is 14.8 Å². The van der Waals surface area contributed by atoms with E-state index in [1.54, 1.807) is 0 Å². The number of imidazole rings is 1. The summed E-state index contributed by atoms with van der Waals surface area (Å²) in [5.41, 5.74) is 6.17. The standard InChI is InChI=1S/C16H27N6O7PS/c17-5-3-1-2-4-6-18-16-20-13-10(14(31)21-16)19-8-22(13)15-12(24)11(23)9(29-15)7-28-30(25,26)27/h8-9,11-12,15,23-24H,1-7,17H2,(H2,25,26,27)(H2,18,20,21,31)/t9-,11+,12?,15-/m1/s1. The van der Waals surface area contributed by atoms with Crippen LogP contribution in [-0.4, -0.2) is 77.5 Å². The van der Waals surface area contributed by atoms with E-state index in [1.165, 1.54) is 10.9 Å². The third-order valence-corrected chi connectivity index (χ3v) is 5.63. The minimum Gasteiger partial charge on any atom is -0.387 e. The van der Waals surface area contributed by atoms with Crippen molar-refractivity contribution in [3.8, 4) is 0 Å². The van der Waals surface area contributed by atoms with E-state index in [0.717, 1.165) is 25.7 Å². The first kappa shape index (κ1) is 24.3. The maximum Gasteiger partial charge on any atom is 0.469 e. The number of hydrogen-bond acceptors (Lipinski definition) is 11. The molecule has 2 aromatic heterocycles. The van der Waals surface area contributed by atoms with Crippen LogP contribution in [0.4, 0.5) is 5.95 Å². The van der Waals surface area contributed by atoms with Crippen molar-refractivity contribution in [1.29, 1.82) is 0 Å². The lowest BCUT2D eigenvalue weighted by atomic mass is 10.1. The number of rotatable bonds is 11. The lowest BCUT2D eigenvalue weighted by Crippen LogP contribution is -2.33. The number of nitrogens with zero attached hydrogens (tertiary/aromatic N) is 4. The number of hydrogen-bond donors (Lipinski definition) is 7. The van der Waals surface area contributed by atoms with Crippen LogP contribution < -0.4 is 11.1 Å². The molecule has 15 heteroatoms. The van der Waals surface area contributed by atoms with Crippen LogP contribution in [0.5, 0.6) is 0 Å². The van der Waals surface area contributed by atoms with Crippen molar-refractivity contribution >= 4 is 37.6 Å². The van der Waals surface area contributed by atoms with Gasteiger partial charge in [-0.2, -0.15) is 4.98 Å². The Kier molecular flexibility index (Phi) is 8.24. The Labute approximate surface area is 183 Å². The summed E-state index contributed by atoms with van der Waals surface area (Å²) in [4.78, 5) is 30.6. The number of aliphatic hydroxyl groups excluding tert-OH is 2. The monoisotopic (exact) mass is 478 g/mol. The number of phosphoric ester groups is 1. The highest BCUT2D eigenvalue weighted by Gasteiger charge is 2.45. The molecule has 174 valence electrons. The maximum absolute atomic E-state index is 10.9.